The van der Waals surface area contributed by atoms with Gasteiger partial charge in [-0.25, -0.2) is 9.97 Å². The molecular weight excluding hydrogens is 162 g/mol. The first-order valence-electron chi connectivity index (χ1n) is 4.78. The molecule has 0 saturated carbocycles. The molecule has 1 aromatic rings. The van der Waals surface area contributed by atoms with Crippen LogP contribution >= 0.6 is 0 Å². The summed E-state index contributed by atoms with van der Waals surface area (Å²) in [6.07, 6.45) is 6.96. The van der Waals surface area contributed by atoms with E-state index >= 15 is 0 Å². The smallest absolute Gasteiger partial charge is 0.115 e. The van der Waals surface area contributed by atoms with Crippen LogP contribution in [0.3, 0.4) is 0 Å². The first-order chi connectivity index (χ1) is 6.29. The van der Waals surface area contributed by atoms with Crippen LogP contribution in [0.5, 0.6) is 0 Å². The zero-order valence-electron chi connectivity index (χ0n) is 7.95. The summed E-state index contributed by atoms with van der Waals surface area (Å²) in [6, 6.07) is 1.99. The van der Waals surface area contributed by atoms with E-state index in [0.29, 0.717) is 0 Å². The molecule has 0 aromatic carbocycles. The molecule has 1 unspecified atom stereocenters. The zero-order chi connectivity index (χ0) is 9.15. The highest BCUT2D eigenvalue weighted by atomic mass is 15.0. The lowest BCUT2D eigenvalue weighted by Crippen LogP contribution is -2.38. The lowest BCUT2D eigenvalue weighted by Gasteiger charge is -2.23. The van der Waals surface area contributed by atoms with E-state index in [-0.39, 0.29) is 5.54 Å². The quantitative estimate of drug-likeness (QED) is 0.736. The number of aromatic nitrogens is 2. The van der Waals surface area contributed by atoms with Gasteiger partial charge in [-0.2, -0.15) is 0 Å². The Kier molecular flexibility index (Phi) is 2.27. The minimum Gasteiger partial charge on any atom is -0.311 e. The van der Waals surface area contributed by atoms with Crippen LogP contribution in [0, 0.1) is 0 Å². The maximum atomic E-state index is 4.24. The summed E-state index contributed by atoms with van der Waals surface area (Å²) in [5, 5.41) is 3.52. The van der Waals surface area contributed by atoms with Gasteiger partial charge in [0.2, 0.25) is 0 Å². The Bertz CT molecular complexity index is 265. The number of rotatable bonds is 2. The normalized spacial score (nSPS) is 27.8. The van der Waals surface area contributed by atoms with Crippen molar-refractivity contribution in [3.63, 3.8) is 0 Å². The second-order valence-corrected chi connectivity index (χ2v) is 3.97. The summed E-state index contributed by atoms with van der Waals surface area (Å²) in [4.78, 5) is 8.15. The Morgan fingerprint density at radius 3 is 3.15 bits per heavy atom. The maximum Gasteiger partial charge on any atom is 0.115 e. The molecule has 70 valence electrons. The van der Waals surface area contributed by atoms with E-state index in [1.165, 1.54) is 12.8 Å². The third kappa shape index (κ3) is 2.04. The first-order valence-corrected chi connectivity index (χ1v) is 4.78. The van der Waals surface area contributed by atoms with Crippen LogP contribution in [0.25, 0.3) is 0 Å². The molecule has 0 bridgehead atoms. The fourth-order valence-electron chi connectivity index (χ4n) is 1.93. The third-order valence-corrected chi connectivity index (χ3v) is 2.67. The van der Waals surface area contributed by atoms with E-state index < -0.39 is 0 Å². The van der Waals surface area contributed by atoms with Crippen LogP contribution in [0.4, 0.5) is 0 Å². The minimum atomic E-state index is 0.258. The van der Waals surface area contributed by atoms with E-state index in [9.17, 15) is 0 Å². The summed E-state index contributed by atoms with van der Waals surface area (Å²) in [5.41, 5.74) is 1.39. The van der Waals surface area contributed by atoms with Gasteiger partial charge in [-0.05, 0) is 32.4 Å². The van der Waals surface area contributed by atoms with Gasteiger partial charge in [-0.3, -0.25) is 0 Å². The molecule has 0 aliphatic carbocycles. The molecule has 1 saturated heterocycles. The first kappa shape index (κ1) is 8.63. The molecule has 2 heterocycles. The molecule has 2 rings (SSSR count). The zero-order valence-corrected chi connectivity index (χ0v) is 7.95. The summed E-state index contributed by atoms with van der Waals surface area (Å²) >= 11 is 0. The van der Waals surface area contributed by atoms with E-state index in [4.69, 9.17) is 0 Å². The molecular formula is C10H15N3. The van der Waals surface area contributed by atoms with Crippen molar-refractivity contribution < 1.29 is 0 Å². The van der Waals surface area contributed by atoms with Crippen molar-refractivity contribution in [2.45, 2.75) is 31.7 Å². The van der Waals surface area contributed by atoms with Crippen LogP contribution in [-0.4, -0.2) is 22.1 Å². The highest BCUT2D eigenvalue weighted by molar-refractivity contribution is 5.05. The van der Waals surface area contributed by atoms with Crippen molar-refractivity contribution >= 4 is 0 Å². The topological polar surface area (TPSA) is 37.8 Å². The highest BCUT2D eigenvalue weighted by Crippen LogP contribution is 2.21. The molecule has 1 aliphatic heterocycles. The van der Waals surface area contributed by atoms with Gasteiger partial charge in [0.15, 0.2) is 0 Å². The number of nitrogens with zero attached hydrogens (tertiary/aromatic N) is 2. The number of nitrogens with one attached hydrogen (secondary N) is 1. The van der Waals surface area contributed by atoms with Crippen LogP contribution < -0.4 is 5.32 Å². The summed E-state index contributed by atoms with van der Waals surface area (Å²) in [6.45, 7) is 3.41. The van der Waals surface area contributed by atoms with E-state index in [1.54, 1.807) is 12.5 Å². The maximum absolute atomic E-state index is 4.24. The molecule has 1 aromatic heterocycles. The van der Waals surface area contributed by atoms with Gasteiger partial charge in [0, 0.05) is 23.9 Å². The summed E-state index contributed by atoms with van der Waals surface area (Å²) in [5.74, 6) is 0. The van der Waals surface area contributed by atoms with Crippen molar-refractivity contribution in [1.82, 2.24) is 15.3 Å². The van der Waals surface area contributed by atoms with Crippen molar-refractivity contribution in [3.05, 3.63) is 24.3 Å². The minimum absolute atomic E-state index is 0.258. The number of hydrogen-bond donors (Lipinski definition) is 1. The van der Waals surface area contributed by atoms with Gasteiger partial charge in [-0.15, -0.1) is 0 Å². The third-order valence-electron chi connectivity index (χ3n) is 2.67. The largest absolute Gasteiger partial charge is 0.311 e. The predicted molar refractivity (Wildman–Crippen MR) is 51.4 cm³/mol. The fourth-order valence-corrected chi connectivity index (χ4v) is 1.93. The predicted octanol–water partition coefficient (Wildman–Crippen LogP) is 1.16. The average molecular weight is 177 g/mol. The van der Waals surface area contributed by atoms with E-state index in [2.05, 4.69) is 22.2 Å². The van der Waals surface area contributed by atoms with Crippen molar-refractivity contribution in [1.29, 1.82) is 0 Å². The van der Waals surface area contributed by atoms with Gasteiger partial charge < -0.3 is 5.32 Å². The fraction of sp³-hybridized carbons (Fsp3) is 0.600. The molecule has 1 fully saturated rings. The monoisotopic (exact) mass is 177 g/mol. The Hall–Kier alpha value is -0.960. The Morgan fingerprint density at radius 2 is 2.54 bits per heavy atom. The molecule has 1 aliphatic rings. The molecule has 0 spiro atoms. The van der Waals surface area contributed by atoms with Crippen LogP contribution in [0.2, 0.25) is 0 Å². The van der Waals surface area contributed by atoms with Gasteiger partial charge in [0.05, 0.1) is 0 Å². The molecule has 1 atom stereocenters. The molecule has 13 heavy (non-hydrogen) atoms. The lowest BCUT2D eigenvalue weighted by molar-refractivity contribution is 0.408. The Labute approximate surface area is 78.6 Å². The summed E-state index contributed by atoms with van der Waals surface area (Å²) < 4.78 is 0. The van der Waals surface area contributed by atoms with Gasteiger partial charge in [0.1, 0.15) is 6.33 Å². The van der Waals surface area contributed by atoms with Gasteiger partial charge >= 0.3 is 0 Å². The molecule has 0 radical (unpaired) electrons. The average Bonchev–Trinajstić information content (AvgIpc) is 2.54. The standard InChI is InChI=1S/C10H15N3/c1-10(4-2-5-13-10)7-9-3-6-11-8-12-9/h3,6,8,13H,2,4-5,7H2,1H3. The van der Waals surface area contributed by atoms with Crippen molar-refractivity contribution in [2.24, 2.45) is 0 Å². The lowest BCUT2D eigenvalue weighted by atomic mass is 9.94. The van der Waals surface area contributed by atoms with Crippen molar-refractivity contribution in [3.8, 4) is 0 Å². The van der Waals surface area contributed by atoms with Gasteiger partial charge in [0.25, 0.3) is 0 Å². The molecule has 3 heteroatoms. The van der Waals surface area contributed by atoms with Crippen molar-refractivity contribution in [2.75, 3.05) is 6.54 Å². The van der Waals surface area contributed by atoms with E-state index in [0.717, 1.165) is 18.7 Å². The second kappa shape index (κ2) is 3.42. The SMILES string of the molecule is CC1(Cc2ccncn2)CCCN1. The molecule has 3 nitrogen and oxygen atoms in total. The van der Waals surface area contributed by atoms with Gasteiger partial charge in [-0.1, -0.05) is 0 Å². The molecule has 1 N–H and O–H groups in total. The van der Waals surface area contributed by atoms with Crippen LogP contribution in [0.15, 0.2) is 18.6 Å². The number of hydrogen-bond acceptors (Lipinski definition) is 3. The Morgan fingerprint density at radius 1 is 1.62 bits per heavy atom. The Balaban J connectivity index is 2.05. The highest BCUT2D eigenvalue weighted by Gasteiger charge is 2.28. The van der Waals surface area contributed by atoms with Crippen LogP contribution in [-0.2, 0) is 6.42 Å². The second-order valence-electron chi connectivity index (χ2n) is 3.97. The summed E-state index contributed by atoms with van der Waals surface area (Å²) in [7, 11) is 0. The van der Waals surface area contributed by atoms with E-state index in [1.807, 2.05) is 6.07 Å². The van der Waals surface area contributed by atoms with Crippen LogP contribution in [0.1, 0.15) is 25.5 Å². The molecule has 0 amide bonds.